The lowest BCUT2D eigenvalue weighted by Crippen LogP contribution is -2.44. The predicted octanol–water partition coefficient (Wildman–Crippen LogP) is 0.493. The number of anilines is 1. The summed E-state index contributed by atoms with van der Waals surface area (Å²) in [5, 5.41) is 35.7. The summed E-state index contributed by atoms with van der Waals surface area (Å²) in [6.07, 6.45) is -3.18. The lowest BCUT2D eigenvalue weighted by Gasteiger charge is -2.26. The molecular weight excluding hydrogens is 406 g/mol. The van der Waals surface area contributed by atoms with Crippen molar-refractivity contribution in [3.63, 3.8) is 0 Å². The molecule has 0 saturated carbocycles. The quantitative estimate of drug-likeness (QED) is 0.394. The van der Waals surface area contributed by atoms with Crippen LogP contribution in [0.1, 0.15) is 39.3 Å². The molecule has 31 heavy (non-hydrogen) atoms. The molecule has 1 fully saturated rings. The monoisotopic (exact) mass is 433 g/mol. The Labute approximate surface area is 179 Å². The van der Waals surface area contributed by atoms with Crippen molar-refractivity contribution < 1.29 is 29.2 Å². The lowest BCUT2D eigenvalue weighted by molar-refractivity contribution is -0.180. The van der Waals surface area contributed by atoms with E-state index in [1.165, 1.54) is 10.8 Å². The number of hydrogen-bond donors (Lipinski definition) is 3. The van der Waals surface area contributed by atoms with E-state index >= 15 is 0 Å². The molecule has 1 aliphatic rings. The predicted molar refractivity (Wildman–Crippen MR) is 107 cm³/mol. The zero-order valence-corrected chi connectivity index (χ0v) is 17.6. The van der Waals surface area contributed by atoms with Gasteiger partial charge in [0.2, 0.25) is 5.60 Å². The second-order valence-corrected chi connectivity index (χ2v) is 7.83. The van der Waals surface area contributed by atoms with Crippen molar-refractivity contribution in [2.24, 2.45) is 5.92 Å². The molecule has 11 heteroatoms. The molecule has 2 aromatic rings. The molecular formula is C20H27N5O6. The molecule has 0 bridgehead atoms. The Morgan fingerprint density at radius 1 is 1.48 bits per heavy atom. The summed E-state index contributed by atoms with van der Waals surface area (Å²) < 4.78 is 18.2. The Bertz CT molecular complexity index is 973. The van der Waals surface area contributed by atoms with Gasteiger partial charge in [0, 0.05) is 12.8 Å². The van der Waals surface area contributed by atoms with Crippen LogP contribution in [0.3, 0.4) is 0 Å². The molecule has 2 aromatic heterocycles. The summed E-state index contributed by atoms with van der Waals surface area (Å²) in [4.78, 5) is 15.6. The van der Waals surface area contributed by atoms with Gasteiger partial charge in [0.15, 0.2) is 12.1 Å². The second kappa shape index (κ2) is 9.15. The van der Waals surface area contributed by atoms with Crippen LogP contribution in [0.2, 0.25) is 0 Å². The third-order valence-corrected chi connectivity index (χ3v) is 5.14. The van der Waals surface area contributed by atoms with Crippen LogP contribution in [-0.4, -0.2) is 62.0 Å². The van der Waals surface area contributed by atoms with Crippen LogP contribution in [0.4, 0.5) is 5.82 Å². The van der Waals surface area contributed by atoms with E-state index in [1.807, 2.05) is 19.9 Å². The van der Waals surface area contributed by atoms with Gasteiger partial charge < -0.3 is 30.2 Å². The molecule has 168 valence electrons. The van der Waals surface area contributed by atoms with Crippen molar-refractivity contribution in [1.29, 1.82) is 5.26 Å². The smallest absolute Gasteiger partial charge is 0.305 e. The number of rotatable bonds is 8. The van der Waals surface area contributed by atoms with E-state index in [0.717, 1.165) is 0 Å². The van der Waals surface area contributed by atoms with Crippen LogP contribution < -0.4 is 5.73 Å². The number of nitrogens with zero attached hydrogens (tertiary/aromatic N) is 4. The maximum absolute atomic E-state index is 11.7. The highest BCUT2D eigenvalue weighted by Crippen LogP contribution is 2.42. The Balaban J connectivity index is 1.99. The first-order valence-corrected chi connectivity index (χ1v) is 10.1. The number of ether oxygens (including phenoxy) is 3. The van der Waals surface area contributed by atoms with E-state index in [0.29, 0.717) is 11.9 Å². The van der Waals surface area contributed by atoms with Crippen molar-refractivity contribution in [2.75, 3.05) is 12.3 Å². The molecule has 5 atom stereocenters. The van der Waals surface area contributed by atoms with Gasteiger partial charge in [-0.3, -0.25) is 4.79 Å². The van der Waals surface area contributed by atoms with Gasteiger partial charge in [-0.25, -0.2) is 9.50 Å². The number of nitrogens with two attached hydrogens (primary N) is 1. The second-order valence-electron chi connectivity index (χ2n) is 7.83. The van der Waals surface area contributed by atoms with Crippen LogP contribution in [0, 0.1) is 17.2 Å². The first-order valence-electron chi connectivity index (χ1n) is 10.1. The molecule has 0 spiro atoms. The summed E-state index contributed by atoms with van der Waals surface area (Å²) in [7, 11) is 0. The van der Waals surface area contributed by atoms with Gasteiger partial charge in [-0.05, 0) is 18.1 Å². The highest BCUT2D eigenvalue weighted by molar-refractivity contribution is 5.69. The van der Waals surface area contributed by atoms with Crippen LogP contribution >= 0.6 is 0 Å². The summed E-state index contributed by atoms with van der Waals surface area (Å²) in [5.74, 6) is -0.154. The number of aliphatic hydroxyl groups excluding tert-OH is 2. The van der Waals surface area contributed by atoms with Gasteiger partial charge >= 0.3 is 5.97 Å². The number of nitrogen functional groups attached to an aromatic ring is 1. The normalized spacial score (nSPS) is 26.8. The molecule has 0 amide bonds. The van der Waals surface area contributed by atoms with Gasteiger partial charge in [-0.2, -0.15) is 10.4 Å². The van der Waals surface area contributed by atoms with E-state index in [9.17, 15) is 20.3 Å². The van der Waals surface area contributed by atoms with Crippen molar-refractivity contribution >= 4 is 17.3 Å². The molecule has 0 aliphatic carbocycles. The van der Waals surface area contributed by atoms with Gasteiger partial charge in [-0.1, -0.05) is 20.8 Å². The number of esters is 1. The summed E-state index contributed by atoms with van der Waals surface area (Å²) >= 11 is 0. The molecule has 0 radical (unpaired) electrons. The van der Waals surface area contributed by atoms with Crippen molar-refractivity contribution in [2.45, 2.75) is 63.8 Å². The number of nitriles is 1. The Morgan fingerprint density at radius 3 is 2.87 bits per heavy atom. The number of hydrogen-bond acceptors (Lipinski definition) is 10. The van der Waals surface area contributed by atoms with E-state index in [1.54, 1.807) is 19.1 Å². The number of carbonyl (C=O) groups excluding carboxylic acids is 1. The van der Waals surface area contributed by atoms with Crippen molar-refractivity contribution in [3.05, 3.63) is 24.2 Å². The van der Waals surface area contributed by atoms with Crippen molar-refractivity contribution in [1.82, 2.24) is 14.6 Å². The van der Waals surface area contributed by atoms with E-state index in [4.69, 9.17) is 19.9 Å². The van der Waals surface area contributed by atoms with Gasteiger partial charge in [0.05, 0.1) is 5.69 Å². The number of fused-ring (bicyclic) bond motifs is 1. The maximum Gasteiger partial charge on any atom is 0.305 e. The highest BCUT2D eigenvalue weighted by Gasteiger charge is 2.59. The van der Waals surface area contributed by atoms with E-state index in [-0.39, 0.29) is 30.5 Å². The number of aromatic nitrogens is 3. The van der Waals surface area contributed by atoms with Gasteiger partial charge in [0.25, 0.3) is 0 Å². The number of carbonyl (C=O) groups is 1. The zero-order valence-electron chi connectivity index (χ0n) is 17.6. The zero-order chi connectivity index (χ0) is 22.8. The fraction of sp³-hybridized carbons (Fsp3) is 0.600. The summed E-state index contributed by atoms with van der Waals surface area (Å²) in [5.41, 5.74) is 4.62. The SMILES string of the molecule is CCC(=O)OC[C@H]1O[C@@](C#N)(c2ccc3c(N)ncnn23)[C@H](O)[C@@H]1OC(O)CC(C)C. The third kappa shape index (κ3) is 4.33. The van der Waals surface area contributed by atoms with Crippen LogP contribution in [0.25, 0.3) is 5.52 Å². The molecule has 1 saturated heterocycles. The minimum Gasteiger partial charge on any atom is -0.463 e. The van der Waals surface area contributed by atoms with Crippen LogP contribution in [-0.2, 0) is 24.6 Å². The van der Waals surface area contributed by atoms with Crippen molar-refractivity contribution in [3.8, 4) is 6.07 Å². The van der Waals surface area contributed by atoms with Gasteiger partial charge in [-0.15, -0.1) is 0 Å². The summed E-state index contributed by atoms with van der Waals surface area (Å²) in [6, 6.07) is 5.18. The van der Waals surface area contributed by atoms with Gasteiger partial charge in [0.1, 0.15) is 42.8 Å². The fourth-order valence-electron chi connectivity index (χ4n) is 3.61. The highest BCUT2D eigenvalue weighted by atomic mass is 16.7. The largest absolute Gasteiger partial charge is 0.463 e. The first-order chi connectivity index (χ1) is 14.7. The average Bonchev–Trinajstić information content (AvgIpc) is 3.27. The summed E-state index contributed by atoms with van der Waals surface area (Å²) in [6.45, 7) is 5.20. The topological polar surface area (TPSA) is 165 Å². The minimum absolute atomic E-state index is 0.126. The first kappa shape index (κ1) is 22.9. The standard InChI is InChI=1S/C20H27N5O6/c1-4-15(26)29-8-13-17(30-16(27)7-11(2)3)18(28)20(9-21,31-13)14-6-5-12-19(22)23-10-24-25(12)14/h5-6,10-11,13,16-18,27-28H,4,7-8H2,1-3H3,(H2,22,23,24)/t13-,16?,17-,18-,20+/m1/s1. The molecule has 3 heterocycles. The van der Waals surface area contributed by atoms with Crippen LogP contribution in [0.5, 0.6) is 0 Å². The lowest BCUT2D eigenvalue weighted by atomic mass is 9.92. The van der Waals surface area contributed by atoms with E-state index in [2.05, 4.69) is 10.1 Å². The Hall–Kier alpha value is -2.78. The Morgan fingerprint density at radius 2 is 2.23 bits per heavy atom. The number of aliphatic hydroxyl groups is 2. The average molecular weight is 433 g/mol. The molecule has 4 N–H and O–H groups in total. The van der Waals surface area contributed by atoms with Crippen LogP contribution in [0.15, 0.2) is 18.5 Å². The molecule has 11 nitrogen and oxygen atoms in total. The molecule has 3 rings (SSSR count). The maximum atomic E-state index is 11.7. The third-order valence-electron chi connectivity index (χ3n) is 5.14. The molecule has 0 aromatic carbocycles. The molecule has 1 unspecified atom stereocenters. The van der Waals surface area contributed by atoms with E-state index < -0.39 is 36.2 Å². The Kier molecular flexibility index (Phi) is 6.76. The molecule has 1 aliphatic heterocycles. The fourth-order valence-corrected chi connectivity index (χ4v) is 3.61. The minimum atomic E-state index is -1.90.